The summed E-state index contributed by atoms with van der Waals surface area (Å²) in [5.74, 6) is 0.792. The van der Waals surface area contributed by atoms with Gasteiger partial charge in [0.25, 0.3) is 5.69 Å². The zero-order valence-electron chi connectivity index (χ0n) is 14.5. The maximum atomic E-state index is 10.8. The van der Waals surface area contributed by atoms with E-state index in [4.69, 9.17) is 9.47 Å². The fourth-order valence-electron chi connectivity index (χ4n) is 2.89. The summed E-state index contributed by atoms with van der Waals surface area (Å²) in [4.78, 5) is 10.4. The third kappa shape index (κ3) is 4.53. The summed E-state index contributed by atoms with van der Waals surface area (Å²) >= 11 is 3.51. The Bertz CT molecular complexity index is 767. The summed E-state index contributed by atoms with van der Waals surface area (Å²) < 4.78 is 12.8. The maximum Gasteiger partial charge on any atom is 0.269 e. The maximum absolute atomic E-state index is 10.8. The van der Waals surface area contributed by atoms with Gasteiger partial charge in [-0.05, 0) is 36.8 Å². The Labute approximate surface area is 160 Å². The number of hydrogen-bond donors (Lipinski definition) is 1. The van der Waals surface area contributed by atoms with Crippen molar-refractivity contribution < 1.29 is 14.4 Å². The Kier molecular flexibility index (Phi) is 6.11. The number of non-ortho nitro benzene ring substituents is 1. The number of nitro groups is 1. The molecule has 138 valence electrons. The number of unbranched alkanes of at least 4 members (excludes halogenated alkanes) is 1. The monoisotopic (exact) mass is 420 g/mol. The molecule has 0 spiro atoms. The predicted octanol–water partition coefficient (Wildman–Crippen LogP) is 5.44. The number of nitrogens with zero attached hydrogens (tertiary/aromatic N) is 1. The summed E-state index contributed by atoms with van der Waals surface area (Å²) in [6.45, 7) is 2.79. The topological polar surface area (TPSA) is 73.6 Å². The first-order chi connectivity index (χ1) is 12.6. The molecule has 0 saturated carbocycles. The molecule has 2 aromatic rings. The van der Waals surface area contributed by atoms with E-state index in [1.165, 1.54) is 12.1 Å². The molecule has 0 aliphatic carbocycles. The SMILES string of the molecule is CCCCO[C@@H]1C[C@@H](Nc2ccc([N+](=O)[O-])cc2)c2cc(Br)ccc2O1. The minimum Gasteiger partial charge on any atom is -0.464 e. The molecule has 3 rings (SSSR count). The van der Waals surface area contributed by atoms with Crippen LogP contribution in [0.3, 0.4) is 0 Å². The lowest BCUT2D eigenvalue weighted by atomic mass is 9.99. The Hall–Kier alpha value is -2.12. The largest absolute Gasteiger partial charge is 0.464 e. The number of benzene rings is 2. The molecular weight excluding hydrogens is 400 g/mol. The Morgan fingerprint density at radius 3 is 2.77 bits per heavy atom. The van der Waals surface area contributed by atoms with Crippen molar-refractivity contribution in [2.75, 3.05) is 11.9 Å². The molecule has 7 heteroatoms. The van der Waals surface area contributed by atoms with E-state index in [0.717, 1.165) is 34.3 Å². The van der Waals surface area contributed by atoms with Gasteiger partial charge in [0.15, 0.2) is 0 Å². The highest BCUT2D eigenvalue weighted by molar-refractivity contribution is 9.10. The normalized spacial score (nSPS) is 18.7. The molecule has 0 radical (unpaired) electrons. The molecule has 2 aromatic carbocycles. The van der Waals surface area contributed by atoms with Crippen LogP contribution in [0, 0.1) is 10.1 Å². The van der Waals surface area contributed by atoms with Crippen molar-refractivity contribution in [1.82, 2.24) is 0 Å². The Balaban J connectivity index is 1.79. The average Bonchev–Trinajstić information content (AvgIpc) is 2.63. The van der Waals surface area contributed by atoms with Crippen molar-refractivity contribution in [2.24, 2.45) is 0 Å². The number of hydrogen-bond acceptors (Lipinski definition) is 5. The minimum atomic E-state index is -0.401. The Morgan fingerprint density at radius 1 is 1.31 bits per heavy atom. The second-order valence-electron chi connectivity index (χ2n) is 6.19. The van der Waals surface area contributed by atoms with E-state index in [0.29, 0.717) is 13.0 Å². The lowest BCUT2D eigenvalue weighted by molar-refractivity contribution is -0.384. The molecule has 0 unspecified atom stereocenters. The summed E-state index contributed by atoms with van der Waals surface area (Å²) in [5.41, 5.74) is 1.93. The van der Waals surface area contributed by atoms with Gasteiger partial charge in [0, 0.05) is 34.3 Å². The van der Waals surface area contributed by atoms with Crippen LogP contribution in [0.15, 0.2) is 46.9 Å². The van der Waals surface area contributed by atoms with E-state index in [2.05, 4.69) is 28.2 Å². The first-order valence-corrected chi connectivity index (χ1v) is 9.45. The number of nitrogens with one attached hydrogen (secondary N) is 1. The highest BCUT2D eigenvalue weighted by atomic mass is 79.9. The standard InChI is InChI=1S/C19H21BrN2O4/c1-2-3-10-25-19-12-17(16-11-13(20)4-9-18(16)26-19)21-14-5-7-15(8-6-14)22(23)24/h4-9,11,17,19,21H,2-3,10,12H2,1H3/t17-,19+/m1/s1. The molecule has 0 saturated heterocycles. The van der Waals surface area contributed by atoms with E-state index in [1.54, 1.807) is 12.1 Å². The summed E-state index contributed by atoms with van der Waals surface area (Å²) in [5, 5.41) is 14.3. The quantitative estimate of drug-likeness (QED) is 0.366. The lowest BCUT2D eigenvalue weighted by Crippen LogP contribution is -2.31. The van der Waals surface area contributed by atoms with E-state index >= 15 is 0 Å². The summed E-state index contributed by atoms with van der Waals surface area (Å²) in [7, 11) is 0. The molecular formula is C19H21BrN2O4. The molecule has 26 heavy (non-hydrogen) atoms. The molecule has 1 aliphatic rings. The van der Waals surface area contributed by atoms with Crippen LogP contribution in [0.25, 0.3) is 0 Å². The van der Waals surface area contributed by atoms with E-state index in [-0.39, 0.29) is 18.0 Å². The van der Waals surface area contributed by atoms with Crippen LogP contribution in [0.5, 0.6) is 5.75 Å². The van der Waals surface area contributed by atoms with Crippen LogP contribution in [0.1, 0.15) is 37.8 Å². The van der Waals surface area contributed by atoms with E-state index in [9.17, 15) is 10.1 Å². The smallest absolute Gasteiger partial charge is 0.269 e. The van der Waals surface area contributed by atoms with E-state index in [1.807, 2.05) is 18.2 Å². The lowest BCUT2D eigenvalue weighted by Gasteiger charge is -2.33. The van der Waals surface area contributed by atoms with E-state index < -0.39 is 4.92 Å². The molecule has 1 N–H and O–H groups in total. The van der Waals surface area contributed by atoms with Crippen LogP contribution < -0.4 is 10.1 Å². The Morgan fingerprint density at radius 2 is 2.08 bits per heavy atom. The average molecular weight is 421 g/mol. The molecule has 2 atom stereocenters. The van der Waals surface area contributed by atoms with Gasteiger partial charge in [-0.15, -0.1) is 0 Å². The number of rotatable bonds is 7. The fourth-order valence-corrected chi connectivity index (χ4v) is 3.27. The molecule has 0 bridgehead atoms. The van der Waals surface area contributed by atoms with Gasteiger partial charge in [-0.3, -0.25) is 10.1 Å². The van der Waals surface area contributed by atoms with Gasteiger partial charge in [-0.2, -0.15) is 0 Å². The molecule has 1 aliphatic heterocycles. The van der Waals surface area contributed by atoms with Gasteiger partial charge in [-0.25, -0.2) is 0 Å². The van der Waals surface area contributed by atoms with Gasteiger partial charge in [0.1, 0.15) is 5.75 Å². The van der Waals surface area contributed by atoms with Crippen LogP contribution in [-0.4, -0.2) is 17.8 Å². The van der Waals surface area contributed by atoms with Gasteiger partial charge in [0.05, 0.1) is 17.6 Å². The highest BCUT2D eigenvalue weighted by Gasteiger charge is 2.29. The van der Waals surface area contributed by atoms with Crippen molar-refractivity contribution in [3.05, 3.63) is 62.6 Å². The van der Waals surface area contributed by atoms with Gasteiger partial charge in [0.2, 0.25) is 6.29 Å². The zero-order valence-corrected chi connectivity index (χ0v) is 16.1. The summed E-state index contributed by atoms with van der Waals surface area (Å²) in [6, 6.07) is 12.3. The highest BCUT2D eigenvalue weighted by Crippen LogP contribution is 2.39. The fraction of sp³-hybridized carbons (Fsp3) is 0.368. The second kappa shape index (κ2) is 8.51. The molecule has 0 amide bonds. The zero-order chi connectivity index (χ0) is 18.5. The van der Waals surface area contributed by atoms with Crippen molar-refractivity contribution in [3.63, 3.8) is 0 Å². The van der Waals surface area contributed by atoms with Crippen LogP contribution in [0.2, 0.25) is 0 Å². The van der Waals surface area contributed by atoms with Crippen molar-refractivity contribution >= 4 is 27.3 Å². The first kappa shape index (κ1) is 18.7. The van der Waals surface area contributed by atoms with Crippen LogP contribution >= 0.6 is 15.9 Å². The number of anilines is 1. The van der Waals surface area contributed by atoms with Crippen LogP contribution in [-0.2, 0) is 4.74 Å². The predicted molar refractivity (Wildman–Crippen MR) is 103 cm³/mol. The van der Waals surface area contributed by atoms with Crippen molar-refractivity contribution in [3.8, 4) is 5.75 Å². The van der Waals surface area contributed by atoms with Crippen molar-refractivity contribution in [1.29, 1.82) is 0 Å². The molecule has 0 fully saturated rings. The molecule has 0 aromatic heterocycles. The third-order valence-corrected chi connectivity index (χ3v) is 4.75. The summed E-state index contributed by atoms with van der Waals surface area (Å²) in [6.07, 6.45) is 2.41. The first-order valence-electron chi connectivity index (χ1n) is 8.65. The van der Waals surface area contributed by atoms with Crippen molar-refractivity contribution in [2.45, 2.75) is 38.5 Å². The number of nitro benzene ring substituents is 1. The second-order valence-corrected chi connectivity index (χ2v) is 7.11. The van der Waals surface area contributed by atoms with Gasteiger partial charge in [-0.1, -0.05) is 29.3 Å². The molecule has 6 nitrogen and oxygen atoms in total. The van der Waals surface area contributed by atoms with Gasteiger partial charge < -0.3 is 14.8 Å². The third-order valence-electron chi connectivity index (χ3n) is 4.25. The van der Waals surface area contributed by atoms with Gasteiger partial charge >= 0.3 is 0 Å². The minimum absolute atomic E-state index is 0.00988. The molecule has 1 heterocycles. The number of ether oxygens (including phenoxy) is 2. The van der Waals surface area contributed by atoms with Crippen LogP contribution in [0.4, 0.5) is 11.4 Å². The number of halogens is 1. The number of fused-ring (bicyclic) bond motifs is 1.